The van der Waals surface area contributed by atoms with Crippen molar-refractivity contribution in [2.75, 3.05) is 25.1 Å². The van der Waals surface area contributed by atoms with E-state index in [1.807, 2.05) is 12.1 Å². The molecule has 5 nitrogen and oxygen atoms in total. The van der Waals surface area contributed by atoms with Crippen LogP contribution in [0.15, 0.2) is 30.5 Å². The van der Waals surface area contributed by atoms with Crippen molar-refractivity contribution in [3.8, 4) is 0 Å². The molecule has 1 aromatic carbocycles. The Bertz CT molecular complexity index is 667. The fourth-order valence-corrected chi connectivity index (χ4v) is 2.79. The van der Waals surface area contributed by atoms with E-state index in [2.05, 4.69) is 47.4 Å². The molecule has 2 heterocycles. The minimum absolute atomic E-state index is 0. The largest absolute Gasteiger partial charge is 0.378 e. The van der Waals surface area contributed by atoms with Gasteiger partial charge in [-0.15, -0.1) is 24.8 Å². The van der Waals surface area contributed by atoms with Crippen molar-refractivity contribution >= 4 is 47.3 Å². The molecule has 24 heavy (non-hydrogen) atoms. The first-order valence-corrected chi connectivity index (χ1v) is 7.84. The summed E-state index contributed by atoms with van der Waals surface area (Å²) in [7, 11) is 0. The molecule has 0 saturated carbocycles. The van der Waals surface area contributed by atoms with Gasteiger partial charge >= 0.3 is 0 Å². The van der Waals surface area contributed by atoms with Crippen LogP contribution < -0.4 is 10.6 Å². The summed E-state index contributed by atoms with van der Waals surface area (Å²) in [6, 6.07) is 7.87. The zero-order valence-corrected chi connectivity index (χ0v) is 15.6. The molecule has 1 atom stereocenters. The minimum Gasteiger partial charge on any atom is -0.378 e. The Balaban J connectivity index is 0.00000144. The summed E-state index contributed by atoms with van der Waals surface area (Å²) < 4.78 is 7.58. The Morgan fingerprint density at radius 2 is 2.17 bits per heavy atom. The Hall–Kier alpha value is -1.27. The normalized spacial score (nSPS) is 17.2. The maximum absolute atomic E-state index is 12.2. The molecule has 1 fully saturated rings. The second-order valence-corrected chi connectivity index (χ2v) is 6.21. The molecule has 1 amide bonds. The molecule has 2 aromatic rings. The van der Waals surface area contributed by atoms with E-state index in [9.17, 15) is 4.79 Å². The van der Waals surface area contributed by atoms with Gasteiger partial charge in [0.25, 0.3) is 0 Å². The van der Waals surface area contributed by atoms with Gasteiger partial charge in [-0.1, -0.05) is 13.8 Å². The molecule has 0 radical (unpaired) electrons. The van der Waals surface area contributed by atoms with E-state index >= 15 is 0 Å². The van der Waals surface area contributed by atoms with Crippen LogP contribution in [0.4, 0.5) is 5.69 Å². The number of ether oxygens (including phenoxy) is 1. The third kappa shape index (κ3) is 4.86. The van der Waals surface area contributed by atoms with Crippen LogP contribution in [0.2, 0.25) is 0 Å². The zero-order valence-electron chi connectivity index (χ0n) is 14.0. The fourth-order valence-electron chi connectivity index (χ4n) is 2.79. The van der Waals surface area contributed by atoms with Crippen molar-refractivity contribution in [3.05, 3.63) is 30.5 Å². The maximum atomic E-state index is 12.2. The topological polar surface area (TPSA) is 55.3 Å². The van der Waals surface area contributed by atoms with E-state index in [0.29, 0.717) is 19.1 Å². The number of aromatic nitrogens is 1. The van der Waals surface area contributed by atoms with Crippen LogP contribution >= 0.6 is 24.8 Å². The molecule has 1 aromatic heterocycles. The standard InChI is InChI=1S/C17H23N3O2.2ClH/c1-12(2)10-20-7-5-13-9-14(3-4-16(13)20)19-17(21)15-11-22-8-6-18-15;;/h3-5,7,9,12,15,18H,6,8,10-11H2,1-2H3,(H,19,21);2*1H. The van der Waals surface area contributed by atoms with Crippen molar-refractivity contribution in [3.63, 3.8) is 0 Å². The van der Waals surface area contributed by atoms with E-state index < -0.39 is 0 Å². The number of rotatable bonds is 4. The van der Waals surface area contributed by atoms with Gasteiger partial charge in [0, 0.05) is 35.9 Å². The molecule has 1 saturated heterocycles. The molecule has 7 heteroatoms. The van der Waals surface area contributed by atoms with Crippen molar-refractivity contribution in [2.45, 2.75) is 26.4 Å². The lowest BCUT2D eigenvalue weighted by Crippen LogP contribution is -2.48. The Morgan fingerprint density at radius 1 is 1.38 bits per heavy atom. The molecular formula is C17H25Cl2N3O2. The Morgan fingerprint density at radius 3 is 2.83 bits per heavy atom. The van der Waals surface area contributed by atoms with E-state index in [-0.39, 0.29) is 36.8 Å². The highest BCUT2D eigenvalue weighted by Crippen LogP contribution is 2.21. The van der Waals surface area contributed by atoms with Crippen LogP contribution in [0, 0.1) is 5.92 Å². The van der Waals surface area contributed by atoms with Crippen LogP contribution in [0.25, 0.3) is 10.9 Å². The highest BCUT2D eigenvalue weighted by molar-refractivity contribution is 5.97. The van der Waals surface area contributed by atoms with Gasteiger partial charge in [0.05, 0.1) is 13.2 Å². The Labute approximate surface area is 154 Å². The smallest absolute Gasteiger partial charge is 0.243 e. The van der Waals surface area contributed by atoms with Gasteiger partial charge < -0.3 is 19.9 Å². The average molecular weight is 374 g/mol. The lowest BCUT2D eigenvalue weighted by molar-refractivity contribution is -0.120. The number of fused-ring (bicyclic) bond motifs is 1. The third-order valence-electron chi connectivity index (χ3n) is 3.84. The summed E-state index contributed by atoms with van der Waals surface area (Å²) >= 11 is 0. The molecule has 1 aliphatic rings. The second kappa shape index (κ2) is 9.28. The lowest BCUT2D eigenvalue weighted by Gasteiger charge is -2.22. The predicted molar refractivity (Wildman–Crippen MR) is 103 cm³/mol. The number of carbonyl (C=O) groups is 1. The monoisotopic (exact) mass is 373 g/mol. The summed E-state index contributed by atoms with van der Waals surface area (Å²) in [6.45, 7) is 7.23. The number of nitrogens with zero attached hydrogens (tertiary/aromatic N) is 1. The lowest BCUT2D eigenvalue weighted by atomic mass is 10.2. The van der Waals surface area contributed by atoms with Crippen LogP contribution in [-0.4, -0.2) is 36.3 Å². The summed E-state index contributed by atoms with van der Waals surface area (Å²) in [5, 5.41) is 7.27. The van der Waals surface area contributed by atoms with E-state index in [0.717, 1.165) is 24.2 Å². The van der Waals surface area contributed by atoms with Gasteiger partial charge in [-0.05, 0) is 30.2 Å². The summed E-state index contributed by atoms with van der Waals surface area (Å²) in [5.74, 6) is 0.563. The molecular weight excluding hydrogens is 349 g/mol. The first kappa shape index (κ1) is 20.8. The number of amides is 1. The highest BCUT2D eigenvalue weighted by atomic mass is 35.5. The van der Waals surface area contributed by atoms with Crippen LogP contribution in [0.1, 0.15) is 13.8 Å². The minimum atomic E-state index is -0.269. The Kier molecular flexibility index (Phi) is 8.03. The van der Waals surface area contributed by atoms with Crippen molar-refractivity contribution in [2.24, 2.45) is 5.92 Å². The number of morpholine rings is 1. The SMILES string of the molecule is CC(C)Cn1ccc2cc(NC(=O)C3COCCN3)ccc21.Cl.Cl. The van der Waals surface area contributed by atoms with E-state index in [1.165, 1.54) is 5.52 Å². The number of anilines is 1. The average Bonchev–Trinajstić information content (AvgIpc) is 2.90. The van der Waals surface area contributed by atoms with Gasteiger partial charge in [-0.25, -0.2) is 0 Å². The quantitative estimate of drug-likeness (QED) is 0.865. The molecule has 3 rings (SSSR count). The zero-order chi connectivity index (χ0) is 15.5. The second-order valence-electron chi connectivity index (χ2n) is 6.21. The maximum Gasteiger partial charge on any atom is 0.243 e. The molecule has 2 N–H and O–H groups in total. The summed E-state index contributed by atoms with van der Waals surface area (Å²) in [5.41, 5.74) is 2.03. The van der Waals surface area contributed by atoms with Crippen LogP contribution in [0.3, 0.4) is 0 Å². The molecule has 0 aliphatic carbocycles. The molecule has 0 bridgehead atoms. The van der Waals surface area contributed by atoms with Gasteiger partial charge in [0.15, 0.2) is 0 Å². The number of nitrogens with one attached hydrogen (secondary N) is 2. The number of benzene rings is 1. The predicted octanol–water partition coefficient (Wildman–Crippen LogP) is 3.07. The van der Waals surface area contributed by atoms with Crippen LogP contribution in [0.5, 0.6) is 0 Å². The molecule has 1 unspecified atom stereocenters. The molecule has 0 spiro atoms. The molecule has 134 valence electrons. The van der Waals surface area contributed by atoms with Crippen molar-refractivity contribution < 1.29 is 9.53 Å². The first-order valence-electron chi connectivity index (χ1n) is 7.84. The van der Waals surface area contributed by atoms with Gasteiger partial charge in [-0.3, -0.25) is 4.79 Å². The number of hydrogen-bond donors (Lipinski definition) is 2. The number of hydrogen-bond acceptors (Lipinski definition) is 3. The van der Waals surface area contributed by atoms with E-state index in [4.69, 9.17) is 4.74 Å². The molecule has 1 aliphatic heterocycles. The van der Waals surface area contributed by atoms with Gasteiger partial charge in [-0.2, -0.15) is 0 Å². The first-order chi connectivity index (χ1) is 10.6. The highest BCUT2D eigenvalue weighted by Gasteiger charge is 2.21. The number of halogens is 2. The van der Waals surface area contributed by atoms with E-state index in [1.54, 1.807) is 0 Å². The van der Waals surface area contributed by atoms with Crippen molar-refractivity contribution in [1.29, 1.82) is 0 Å². The van der Waals surface area contributed by atoms with Gasteiger partial charge in [0.1, 0.15) is 6.04 Å². The van der Waals surface area contributed by atoms with Crippen molar-refractivity contribution in [1.82, 2.24) is 9.88 Å². The fraction of sp³-hybridized carbons (Fsp3) is 0.471. The van der Waals surface area contributed by atoms with Gasteiger partial charge in [0.2, 0.25) is 5.91 Å². The summed E-state index contributed by atoms with van der Waals surface area (Å²) in [6.07, 6.45) is 2.10. The third-order valence-corrected chi connectivity index (χ3v) is 3.84. The number of carbonyl (C=O) groups excluding carboxylic acids is 1. The van der Waals surface area contributed by atoms with Crippen LogP contribution in [-0.2, 0) is 16.1 Å². The summed E-state index contributed by atoms with van der Waals surface area (Å²) in [4.78, 5) is 12.2.